The van der Waals surface area contributed by atoms with E-state index in [0.29, 0.717) is 11.4 Å². The Morgan fingerprint density at radius 1 is 1.15 bits per heavy atom. The van der Waals surface area contributed by atoms with Gasteiger partial charge >= 0.3 is 18.0 Å². The van der Waals surface area contributed by atoms with Gasteiger partial charge in [-0.2, -0.15) is 0 Å². The number of benzene rings is 1. The lowest BCUT2D eigenvalue weighted by Crippen LogP contribution is -2.57. The average Bonchev–Trinajstić information content (AvgIpc) is 2.81. The highest BCUT2D eigenvalue weighted by Gasteiger charge is 2.46. The molecule has 1 aliphatic heterocycles. The summed E-state index contributed by atoms with van der Waals surface area (Å²) in [4.78, 5) is 51.9. The Bertz CT molecular complexity index is 1080. The summed E-state index contributed by atoms with van der Waals surface area (Å²) in [6.07, 6.45) is -1.92. The number of nitrogens with zero attached hydrogens (tertiary/aromatic N) is 1. The molecule has 0 radical (unpaired) electrons. The van der Waals surface area contributed by atoms with Gasteiger partial charge in [0.15, 0.2) is 0 Å². The van der Waals surface area contributed by atoms with Crippen molar-refractivity contribution in [2.45, 2.75) is 98.0 Å². The second-order valence-corrected chi connectivity index (χ2v) is 12.3. The first kappa shape index (κ1) is 32.9. The fourth-order valence-corrected chi connectivity index (χ4v) is 4.58. The van der Waals surface area contributed by atoms with Gasteiger partial charge in [-0.1, -0.05) is 32.9 Å². The first-order chi connectivity index (χ1) is 18.4. The number of nitrogens with one attached hydrogen (secondary N) is 1. The maximum atomic E-state index is 13.7. The number of esters is 1. The predicted octanol–water partition coefficient (Wildman–Crippen LogP) is 3.91. The van der Waals surface area contributed by atoms with Crippen LogP contribution in [0.15, 0.2) is 24.3 Å². The lowest BCUT2D eigenvalue weighted by atomic mass is 9.79. The van der Waals surface area contributed by atoms with Crippen molar-refractivity contribution in [3.8, 4) is 5.75 Å². The van der Waals surface area contributed by atoms with Crippen molar-refractivity contribution in [1.29, 1.82) is 0 Å². The van der Waals surface area contributed by atoms with Crippen molar-refractivity contribution in [2.24, 2.45) is 11.3 Å². The molecule has 224 valence electrons. The van der Waals surface area contributed by atoms with Gasteiger partial charge in [-0.25, -0.2) is 9.59 Å². The molecule has 0 aromatic heterocycles. The highest BCUT2D eigenvalue weighted by Crippen LogP contribution is 2.39. The van der Waals surface area contributed by atoms with E-state index in [4.69, 9.17) is 14.2 Å². The molecule has 0 spiro atoms. The molecule has 0 saturated carbocycles. The quantitative estimate of drug-likeness (QED) is 0.340. The van der Waals surface area contributed by atoms with Crippen molar-refractivity contribution in [1.82, 2.24) is 5.32 Å². The number of hydrogen-bond donors (Lipinski definition) is 3. The number of ether oxygens (including phenoxy) is 3. The van der Waals surface area contributed by atoms with Gasteiger partial charge in [0, 0.05) is 6.42 Å². The van der Waals surface area contributed by atoms with E-state index in [-0.39, 0.29) is 38.3 Å². The number of fused-ring (bicyclic) bond motifs is 1. The number of anilines is 1. The lowest BCUT2D eigenvalue weighted by Gasteiger charge is -2.41. The number of rotatable bonds is 11. The largest absolute Gasteiger partial charge is 0.481 e. The molecule has 1 aliphatic rings. The second-order valence-electron chi connectivity index (χ2n) is 12.3. The van der Waals surface area contributed by atoms with Crippen LogP contribution in [0.1, 0.15) is 74.7 Å². The van der Waals surface area contributed by atoms with E-state index in [9.17, 15) is 29.4 Å². The van der Waals surface area contributed by atoms with E-state index in [1.165, 1.54) is 11.8 Å². The molecule has 2 rings (SSSR count). The molecular weight excluding hydrogens is 520 g/mol. The van der Waals surface area contributed by atoms with Crippen LogP contribution in [0.3, 0.4) is 0 Å². The Morgan fingerprint density at radius 2 is 1.77 bits per heavy atom. The number of alkyl carbamates (subject to hydrolysis) is 1. The van der Waals surface area contributed by atoms with Gasteiger partial charge in [-0.15, -0.1) is 0 Å². The smallest absolute Gasteiger partial charge is 0.407 e. The van der Waals surface area contributed by atoms with Gasteiger partial charge in [0.2, 0.25) is 11.5 Å². The Labute approximate surface area is 236 Å². The first-order valence-corrected chi connectivity index (χ1v) is 13.5. The Hall–Kier alpha value is -3.34. The van der Waals surface area contributed by atoms with Crippen molar-refractivity contribution < 1.29 is 43.6 Å². The van der Waals surface area contributed by atoms with Gasteiger partial charge in [-0.3, -0.25) is 9.59 Å². The van der Waals surface area contributed by atoms with Crippen molar-refractivity contribution >= 4 is 29.6 Å². The van der Waals surface area contributed by atoms with Gasteiger partial charge in [0.05, 0.1) is 36.9 Å². The minimum atomic E-state index is -1.41. The number of carboxylic acids is 1. The average molecular weight is 565 g/mol. The zero-order valence-electron chi connectivity index (χ0n) is 24.8. The predicted molar refractivity (Wildman–Crippen MR) is 148 cm³/mol. The zero-order chi connectivity index (χ0) is 30.5. The van der Waals surface area contributed by atoms with Gasteiger partial charge < -0.3 is 34.6 Å². The first-order valence-electron chi connectivity index (χ1n) is 13.5. The van der Waals surface area contributed by atoms with Crippen molar-refractivity contribution in [3.05, 3.63) is 24.3 Å². The highest BCUT2D eigenvalue weighted by atomic mass is 16.6. The summed E-state index contributed by atoms with van der Waals surface area (Å²) in [5.41, 5.74) is -2.44. The minimum Gasteiger partial charge on any atom is -0.481 e. The third kappa shape index (κ3) is 9.11. The molecule has 3 N–H and O–H groups in total. The molecule has 4 atom stereocenters. The van der Waals surface area contributed by atoms with Crippen molar-refractivity contribution in [3.63, 3.8) is 0 Å². The number of aliphatic hydroxyl groups excluding tert-OH is 1. The van der Waals surface area contributed by atoms with Gasteiger partial charge in [0.1, 0.15) is 11.4 Å². The van der Waals surface area contributed by atoms with Crippen LogP contribution in [0.5, 0.6) is 5.75 Å². The van der Waals surface area contributed by atoms with Gasteiger partial charge in [0.25, 0.3) is 0 Å². The molecule has 0 fully saturated rings. The Balaban J connectivity index is 2.29. The second kappa shape index (κ2) is 12.9. The minimum absolute atomic E-state index is 0.00601. The van der Waals surface area contributed by atoms with Crippen LogP contribution in [-0.4, -0.2) is 70.7 Å². The molecule has 11 nitrogen and oxygen atoms in total. The molecule has 1 heterocycles. The zero-order valence-corrected chi connectivity index (χ0v) is 24.8. The Morgan fingerprint density at radius 3 is 2.35 bits per heavy atom. The molecular formula is C29H44N2O9. The molecule has 0 aliphatic carbocycles. The van der Waals surface area contributed by atoms with E-state index in [0.717, 1.165) is 0 Å². The summed E-state index contributed by atoms with van der Waals surface area (Å²) in [5, 5.41) is 22.9. The summed E-state index contributed by atoms with van der Waals surface area (Å²) in [7, 11) is 0. The fraction of sp³-hybridized carbons (Fsp3) is 0.655. The molecule has 0 saturated heterocycles. The van der Waals surface area contributed by atoms with Crippen LogP contribution in [-0.2, 0) is 23.9 Å². The monoisotopic (exact) mass is 564 g/mol. The summed E-state index contributed by atoms with van der Waals surface area (Å²) in [6.45, 7) is 13.6. The number of aliphatic carboxylic acids is 1. The summed E-state index contributed by atoms with van der Waals surface area (Å²) < 4.78 is 16.5. The van der Waals surface area contributed by atoms with Crippen LogP contribution in [0.2, 0.25) is 0 Å². The van der Waals surface area contributed by atoms with E-state index >= 15 is 0 Å². The molecule has 1 aromatic rings. The number of carbonyl (C=O) groups excluding carboxylic acids is 3. The van der Waals surface area contributed by atoms with Crippen molar-refractivity contribution in [2.75, 3.05) is 18.1 Å². The molecule has 40 heavy (non-hydrogen) atoms. The van der Waals surface area contributed by atoms with E-state index in [1.54, 1.807) is 58.9 Å². The highest BCUT2D eigenvalue weighted by molar-refractivity contribution is 5.97. The third-order valence-corrected chi connectivity index (χ3v) is 6.54. The number of carbonyl (C=O) groups is 4. The Kier molecular flexibility index (Phi) is 10.6. The normalized spacial score (nSPS) is 19.4. The van der Waals surface area contributed by atoms with E-state index in [1.807, 2.05) is 13.8 Å². The molecule has 1 aromatic carbocycles. The number of aliphatic hydroxyl groups is 1. The van der Waals surface area contributed by atoms with Crippen LogP contribution < -0.4 is 15.0 Å². The summed E-state index contributed by atoms with van der Waals surface area (Å²) in [6, 6.07) is 6.03. The fourth-order valence-electron chi connectivity index (χ4n) is 4.58. The molecule has 0 bridgehead atoms. The van der Waals surface area contributed by atoms with Gasteiger partial charge in [-0.05, 0) is 65.0 Å². The standard InChI is InChI=1S/C29H44N2O9/c1-9-38-25(36)29(8)17-31(20-12-10-11-13-22(20)39-29)23(33)16-28(6,7)15-19(21(32)14-18(2)24(34)35)30-26(37)40-27(3,4)5/h10-13,18-19,21,32H,9,14-17H2,1-8H3,(H,30,37)(H,34,35)/t18-,19+,21+,29-/m1/s1. The van der Waals surface area contributed by atoms with Crippen LogP contribution in [0, 0.1) is 11.3 Å². The number of amides is 2. The number of carboxylic acid groups (broad SMARTS) is 1. The summed E-state index contributed by atoms with van der Waals surface area (Å²) in [5.74, 6) is -2.43. The third-order valence-electron chi connectivity index (χ3n) is 6.54. The topological polar surface area (TPSA) is 152 Å². The summed E-state index contributed by atoms with van der Waals surface area (Å²) >= 11 is 0. The molecule has 0 unspecified atom stereocenters. The number of hydrogen-bond acceptors (Lipinski definition) is 8. The molecule has 2 amide bonds. The lowest BCUT2D eigenvalue weighted by molar-refractivity contribution is -0.160. The molecule has 11 heteroatoms. The maximum Gasteiger partial charge on any atom is 0.407 e. The number of para-hydroxylation sites is 2. The van der Waals surface area contributed by atoms with Crippen LogP contribution >= 0.6 is 0 Å². The van der Waals surface area contributed by atoms with E-state index < -0.39 is 52.7 Å². The van der Waals surface area contributed by atoms with Crippen LogP contribution in [0.4, 0.5) is 10.5 Å². The van der Waals surface area contributed by atoms with Crippen LogP contribution in [0.25, 0.3) is 0 Å². The maximum absolute atomic E-state index is 13.7. The van der Waals surface area contributed by atoms with E-state index in [2.05, 4.69) is 5.32 Å². The SMILES string of the molecule is CCOC(=O)[C@@]1(C)CN(C(=O)CC(C)(C)C[C@H](NC(=O)OC(C)(C)C)[C@@H](O)C[C@@H](C)C(=O)O)c2ccccc2O1.